The molecule has 0 bridgehead atoms. The number of hydrogen-bond acceptors (Lipinski definition) is 3. The molecule has 0 unspecified atom stereocenters. The number of nitrogens with zero attached hydrogens (tertiary/aromatic N) is 3. The zero-order valence-corrected chi connectivity index (χ0v) is 12.2. The Balaban J connectivity index is -0.000000249. The molecule has 0 N–H and O–H groups in total. The van der Waals surface area contributed by atoms with Crippen molar-refractivity contribution in [2.45, 2.75) is 10.7 Å². The summed E-state index contributed by atoms with van der Waals surface area (Å²) in [5.74, 6) is 0. The summed E-state index contributed by atoms with van der Waals surface area (Å²) in [7, 11) is 5.78. The number of hydrogen-bond donors (Lipinski definition) is 0. The zero-order valence-electron chi connectivity index (χ0n) is 9.08. The lowest BCUT2D eigenvalue weighted by molar-refractivity contribution is 0.403. The summed E-state index contributed by atoms with van der Waals surface area (Å²) in [5, 5.41) is 0. The van der Waals surface area contributed by atoms with Gasteiger partial charge in [-0.2, -0.15) is 0 Å². The number of aliphatic imine (C=N–C) groups is 2. The number of rotatable bonds is 4. The van der Waals surface area contributed by atoms with Crippen LogP contribution in [-0.2, 0) is 0 Å². The molecule has 0 saturated heterocycles. The normalized spacial score (nSPS) is 8.53. The summed E-state index contributed by atoms with van der Waals surface area (Å²) in [6, 6.07) is 2.55. The summed E-state index contributed by atoms with van der Waals surface area (Å²) in [5.41, 5.74) is 0. The van der Waals surface area contributed by atoms with Gasteiger partial charge in [0, 0.05) is 7.05 Å². The van der Waals surface area contributed by atoms with Crippen molar-refractivity contribution in [1.82, 2.24) is 4.90 Å². The molecular weight excluding hydrogens is 280 g/mol. The molecule has 0 aromatic heterocycles. The molecule has 0 saturated carbocycles. The second-order valence-corrected chi connectivity index (χ2v) is 4.59. The van der Waals surface area contributed by atoms with E-state index in [0.29, 0.717) is 0 Å². The molecule has 0 atom stereocenters. The summed E-state index contributed by atoms with van der Waals surface area (Å²) >= 11 is 14.4. The molecule has 0 rings (SSSR count). The smallest absolute Gasteiger partial charge is 0.180 e. The molecule has 0 fully saturated rings. The second-order valence-electron chi connectivity index (χ2n) is 2.61. The van der Waals surface area contributed by atoms with E-state index >= 15 is 0 Å². The van der Waals surface area contributed by atoms with E-state index in [1.807, 2.05) is 0 Å². The zero-order chi connectivity index (χ0) is 11.4. The van der Waals surface area contributed by atoms with Crippen molar-refractivity contribution in [2.75, 3.05) is 34.2 Å². The van der Waals surface area contributed by atoms with Crippen LogP contribution >= 0.6 is 47.2 Å². The molecule has 0 radical (unpaired) electrons. The SMILES string of the molecule is CN=C=NCCCN(C)C.Cl.ClC(Cl)Cl. The van der Waals surface area contributed by atoms with Crippen LogP contribution in [0.25, 0.3) is 0 Å². The van der Waals surface area contributed by atoms with Gasteiger partial charge in [-0.05, 0) is 27.1 Å². The van der Waals surface area contributed by atoms with Gasteiger partial charge in [-0.3, -0.25) is 0 Å². The Kier molecular flexibility index (Phi) is 23.5. The van der Waals surface area contributed by atoms with Gasteiger partial charge < -0.3 is 4.90 Å². The van der Waals surface area contributed by atoms with Crippen LogP contribution in [0.15, 0.2) is 9.98 Å². The van der Waals surface area contributed by atoms with E-state index in [-0.39, 0.29) is 12.4 Å². The molecule has 0 aliphatic carbocycles. The Bertz CT molecular complexity index is 165. The first kappa shape index (κ1) is 20.9. The maximum atomic E-state index is 4.81. The summed E-state index contributed by atoms with van der Waals surface area (Å²) < 4.78 is -0.750. The Hall–Kier alpha value is 0.500. The van der Waals surface area contributed by atoms with Gasteiger partial charge in [0.2, 0.25) is 0 Å². The summed E-state index contributed by atoms with van der Waals surface area (Å²) in [4.78, 5) is 9.68. The fourth-order valence-corrected chi connectivity index (χ4v) is 0.587. The standard InChI is InChI=1S/C7H15N3.CHCl3.ClH/c1-8-7-9-5-4-6-10(2)3;2-1(3)4;/h4-6H2,1-3H3;1H;1H. The van der Waals surface area contributed by atoms with Crippen molar-refractivity contribution in [3.8, 4) is 0 Å². The Morgan fingerprint density at radius 1 is 1.27 bits per heavy atom. The summed E-state index contributed by atoms with van der Waals surface area (Å²) in [6.45, 7) is 1.91. The number of alkyl halides is 3. The second kappa shape index (κ2) is 16.9. The van der Waals surface area contributed by atoms with Gasteiger partial charge in [0.05, 0.1) is 12.6 Å². The van der Waals surface area contributed by atoms with Gasteiger partial charge in [0.1, 0.15) is 0 Å². The molecule has 15 heavy (non-hydrogen) atoms. The minimum atomic E-state index is -0.750. The fourth-order valence-electron chi connectivity index (χ4n) is 0.587. The van der Waals surface area contributed by atoms with Gasteiger partial charge >= 0.3 is 0 Å². The monoisotopic (exact) mass is 295 g/mol. The van der Waals surface area contributed by atoms with Gasteiger partial charge in [-0.25, -0.2) is 9.98 Å². The molecule has 7 heteroatoms. The maximum absolute atomic E-state index is 4.81. The first-order valence-electron chi connectivity index (χ1n) is 4.08. The molecule has 3 nitrogen and oxygen atoms in total. The van der Waals surface area contributed by atoms with Crippen LogP contribution in [0.1, 0.15) is 6.42 Å². The lowest BCUT2D eigenvalue weighted by Crippen LogP contribution is -2.13. The van der Waals surface area contributed by atoms with Crippen LogP contribution in [0.2, 0.25) is 0 Å². The van der Waals surface area contributed by atoms with Gasteiger partial charge in [0.25, 0.3) is 0 Å². The van der Waals surface area contributed by atoms with Crippen LogP contribution in [-0.4, -0.2) is 49.4 Å². The van der Waals surface area contributed by atoms with E-state index in [9.17, 15) is 0 Å². The average molecular weight is 297 g/mol. The van der Waals surface area contributed by atoms with Crippen molar-refractivity contribution in [3.05, 3.63) is 0 Å². The molecule has 0 spiro atoms. The van der Waals surface area contributed by atoms with Gasteiger partial charge in [0.15, 0.2) is 4.30 Å². The van der Waals surface area contributed by atoms with Gasteiger partial charge in [-0.1, -0.05) is 34.8 Å². The van der Waals surface area contributed by atoms with E-state index in [2.05, 4.69) is 35.0 Å². The van der Waals surface area contributed by atoms with Crippen molar-refractivity contribution in [1.29, 1.82) is 0 Å². The predicted molar refractivity (Wildman–Crippen MR) is 72.4 cm³/mol. The maximum Gasteiger partial charge on any atom is 0.180 e. The first-order chi connectivity index (χ1) is 6.50. The molecule has 0 heterocycles. The highest BCUT2D eigenvalue weighted by molar-refractivity contribution is 6.63. The van der Waals surface area contributed by atoms with Gasteiger partial charge in [-0.15, -0.1) is 12.4 Å². The quantitative estimate of drug-likeness (QED) is 0.445. The van der Waals surface area contributed by atoms with Crippen LogP contribution < -0.4 is 0 Å². The van der Waals surface area contributed by atoms with Crippen molar-refractivity contribution in [2.24, 2.45) is 9.98 Å². The first-order valence-corrected chi connectivity index (χ1v) is 5.39. The van der Waals surface area contributed by atoms with Crippen molar-refractivity contribution < 1.29 is 0 Å². The summed E-state index contributed by atoms with van der Waals surface area (Å²) in [6.07, 6.45) is 1.08. The van der Waals surface area contributed by atoms with Crippen molar-refractivity contribution in [3.63, 3.8) is 0 Å². The molecular formula is C8H17Cl4N3. The Labute approximate surface area is 113 Å². The van der Waals surface area contributed by atoms with E-state index in [4.69, 9.17) is 34.8 Å². The molecule has 92 valence electrons. The lowest BCUT2D eigenvalue weighted by Gasteiger charge is -2.05. The third-order valence-corrected chi connectivity index (χ3v) is 1.05. The third kappa shape index (κ3) is 40.3. The van der Waals surface area contributed by atoms with Crippen molar-refractivity contribution >= 4 is 53.2 Å². The molecule has 0 aliphatic rings. The fraction of sp³-hybridized carbons (Fsp3) is 0.875. The highest BCUT2D eigenvalue weighted by atomic mass is 35.6. The molecule has 0 aromatic rings. The minimum absolute atomic E-state index is 0. The Morgan fingerprint density at radius 2 is 1.73 bits per heavy atom. The van der Waals surface area contributed by atoms with Crippen LogP contribution in [0.4, 0.5) is 0 Å². The van der Waals surface area contributed by atoms with E-state index < -0.39 is 4.30 Å². The predicted octanol–water partition coefficient (Wildman–Crippen LogP) is 3.15. The number of halogens is 4. The lowest BCUT2D eigenvalue weighted by atomic mass is 10.4. The highest BCUT2D eigenvalue weighted by Crippen LogP contribution is 2.03. The Morgan fingerprint density at radius 3 is 2.07 bits per heavy atom. The highest BCUT2D eigenvalue weighted by Gasteiger charge is 1.86. The van der Waals surface area contributed by atoms with Crippen LogP contribution in [0.5, 0.6) is 0 Å². The minimum Gasteiger partial charge on any atom is -0.309 e. The van der Waals surface area contributed by atoms with E-state index in [1.165, 1.54) is 0 Å². The van der Waals surface area contributed by atoms with Crippen LogP contribution in [0, 0.1) is 0 Å². The van der Waals surface area contributed by atoms with E-state index in [0.717, 1.165) is 19.5 Å². The van der Waals surface area contributed by atoms with E-state index in [1.54, 1.807) is 7.05 Å². The molecule has 0 aromatic carbocycles. The molecule has 0 amide bonds. The largest absolute Gasteiger partial charge is 0.309 e. The molecule has 0 aliphatic heterocycles. The average Bonchev–Trinajstić information content (AvgIpc) is 2.02. The topological polar surface area (TPSA) is 28.0 Å². The third-order valence-electron chi connectivity index (χ3n) is 1.05. The van der Waals surface area contributed by atoms with Crippen LogP contribution in [0.3, 0.4) is 0 Å².